The zero-order chi connectivity index (χ0) is 20.2. The largest absolute Gasteiger partial charge is 0.444 e. The number of carbonyl (C=O) groups is 1. The third kappa shape index (κ3) is 6.48. The van der Waals surface area contributed by atoms with E-state index in [9.17, 15) is 13.2 Å². The highest BCUT2D eigenvalue weighted by Gasteiger charge is 2.26. The van der Waals surface area contributed by atoms with Crippen LogP contribution < -0.4 is 4.72 Å². The number of nitrogens with one attached hydrogen (secondary N) is 1. The Morgan fingerprint density at radius 2 is 1.78 bits per heavy atom. The summed E-state index contributed by atoms with van der Waals surface area (Å²) in [5.74, 6) is 0. The van der Waals surface area contributed by atoms with Gasteiger partial charge >= 0.3 is 6.09 Å². The van der Waals surface area contributed by atoms with Gasteiger partial charge in [0.2, 0.25) is 10.0 Å². The second kappa shape index (κ2) is 8.58. The number of hydrogen-bond donors (Lipinski definition) is 1. The predicted molar refractivity (Wildman–Crippen MR) is 105 cm³/mol. The van der Waals surface area contributed by atoms with Crippen LogP contribution in [0.5, 0.6) is 0 Å². The van der Waals surface area contributed by atoms with E-state index >= 15 is 0 Å². The molecule has 0 spiro atoms. The highest BCUT2D eigenvalue weighted by atomic mass is 32.2. The van der Waals surface area contributed by atoms with Crippen LogP contribution >= 0.6 is 0 Å². The normalized spacial score (nSPS) is 16.4. The Balaban J connectivity index is 1.79. The van der Waals surface area contributed by atoms with Gasteiger partial charge in [-0.2, -0.15) is 0 Å². The Labute approximate surface area is 162 Å². The smallest absolute Gasteiger partial charge is 0.410 e. The molecule has 1 N–H and O–H groups in total. The van der Waals surface area contributed by atoms with Gasteiger partial charge in [0.1, 0.15) is 5.60 Å². The molecule has 1 saturated heterocycles. The Kier molecular flexibility index (Phi) is 6.88. The fourth-order valence-electron chi connectivity index (χ4n) is 3.00. The van der Waals surface area contributed by atoms with E-state index in [4.69, 9.17) is 4.74 Å². The van der Waals surface area contributed by atoms with Gasteiger partial charge in [-0.05, 0) is 46.2 Å². The number of ether oxygens (including phenoxy) is 1. The molecule has 0 aromatic heterocycles. The van der Waals surface area contributed by atoms with Crippen LogP contribution in [0.2, 0.25) is 0 Å². The number of benzene rings is 1. The van der Waals surface area contributed by atoms with Crippen molar-refractivity contribution in [1.29, 1.82) is 0 Å². The first-order valence-corrected chi connectivity index (χ1v) is 10.7. The Hall–Kier alpha value is -1.64. The van der Waals surface area contributed by atoms with Crippen molar-refractivity contribution < 1.29 is 17.9 Å². The minimum Gasteiger partial charge on any atom is -0.444 e. The van der Waals surface area contributed by atoms with E-state index < -0.39 is 15.6 Å². The lowest BCUT2D eigenvalue weighted by Gasteiger charge is -2.35. The van der Waals surface area contributed by atoms with Crippen LogP contribution in [-0.2, 0) is 14.8 Å². The molecule has 0 bridgehead atoms. The molecule has 2 rings (SSSR count). The summed E-state index contributed by atoms with van der Waals surface area (Å²) in [6.07, 6.45) is -0.294. The highest BCUT2D eigenvalue weighted by molar-refractivity contribution is 7.89. The summed E-state index contributed by atoms with van der Waals surface area (Å²) in [4.78, 5) is 16.2. The van der Waals surface area contributed by atoms with Gasteiger partial charge in [-0.3, -0.25) is 4.90 Å². The van der Waals surface area contributed by atoms with Crippen molar-refractivity contribution in [2.24, 2.45) is 0 Å². The average Bonchev–Trinajstić information content (AvgIpc) is 2.53. The maximum absolute atomic E-state index is 12.5. The molecule has 1 aromatic carbocycles. The third-order valence-electron chi connectivity index (χ3n) is 4.36. The summed E-state index contributed by atoms with van der Waals surface area (Å²) in [5, 5.41) is 0. The molecule has 0 saturated carbocycles. The van der Waals surface area contributed by atoms with E-state index in [1.165, 1.54) is 0 Å². The maximum Gasteiger partial charge on any atom is 0.410 e. The zero-order valence-electron chi connectivity index (χ0n) is 16.9. The van der Waals surface area contributed by atoms with Gasteiger partial charge in [-0.25, -0.2) is 17.9 Å². The number of hydrogen-bond acceptors (Lipinski definition) is 5. The first kappa shape index (κ1) is 21.7. The number of nitrogens with zero attached hydrogens (tertiary/aromatic N) is 2. The minimum atomic E-state index is -3.51. The number of piperazine rings is 1. The first-order chi connectivity index (χ1) is 12.5. The van der Waals surface area contributed by atoms with Crippen LogP contribution in [0.1, 0.15) is 31.9 Å². The average molecular weight is 398 g/mol. The molecular weight excluding hydrogens is 366 g/mol. The highest BCUT2D eigenvalue weighted by Crippen LogP contribution is 2.16. The van der Waals surface area contributed by atoms with E-state index in [0.29, 0.717) is 44.2 Å². The zero-order valence-corrected chi connectivity index (χ0v) is 17.7. The summed E-state index contributed by atoms with van der Waals surface area (Å²) in [5.41, 5.74) is 1.28. The molecule has 8 heteroatoms. The predicted octanol–water partition coefficient (Wildman–Crippen LogP) is 2.13. The summed E-state index contributed by atoms with van der Waals surface area (Å²) in [6, 6.07) is 5.31. The Morgan fingerprint density at radius 3 is 2.33 bits per heavy atom. The number of rotatable bonds is 5. The fraction of sp³-hybridized carbons (Fsp3) is 0.632. The molecule has 27 heavy (non-hydrogen) atoms. The minimum absolute atomic E-state index is 0.294. The Bertz CT molecular complexity index is 764. The molecule has 0 aliphatic carbocycles. The molecule has 1 amide bonds. The van der Waals surface area contributed by atoms with Gasteiger partial charge in [-0.1, -0.05) is 17.7 Å². The van der Waals surface area contributed by atoms with Gasteiger partial charge in [0, 0.05) is 39.3 Å². The van der Waals surface area contributed by atoms with E-state index in [0.717, 1.165) is 11.1 Å². The van der Waals surface area contributed by atoms with Crippen LogP contribution in [-0.4, -0.2) is 69.2 Å². The van der Waals surface area contributed by atoms with Crippen molar-refractivity contribution in [1.82, 2.24) is 14.5 Å². The van der Waals surface area contributed by atoms with Crippen molar-refractivity contribution in [3.05, 3.63) is 29.3 Å². The van der Waals surface area contributed by atoms with Gasteiger partial charge in [0.05, 0.1) is 4.90 Å². The molecule has 7 nitrogen and oxygen atoms in total. The second-order valence-corrected chi connectivity index (χ2v) is 9.71. The van der Waals surface area contributed by atoms with Crippen LogP contribution in [0, 0.1) is 13.8 Å². The quantitative estimate of drug-likeness (QED) is 0.823. The number of amides is 1. The number of sulfonamides is 1. The standard InChI is InChI=1S/C19H31N3O4S/c1-15-6-7-17(16(2)14-15)27(24,25)20-8-9-21-10-12-22(13-11-21)18(23)26-19(3,4)5/h6-7,14,20H,8-13H2,1-5H3. The summed E-state index contributed by atoms with van der Waals surface area (Å²) in [6.45, 7) is 12.8. The third-order valence-corrected chi connectivity index (χ3v) is 5.99. The molecule has 1 aliphatic heterocycles. The van der Waals surface area contributed by atoms with E-state index in [1.807, 2.05) is 33.8 Å². The number of aryl methyl sites for hydroxylation is 2. The van der Waals surface area contributed by atoms with Gasteiger partial charge in [0.25, 0.3) is 0 Å². The van der Waals surface area contributed by atoms with Crippen LogP contribution in [0.4, 0.5) is 4.79 Å². The lowest BCUT2D eigenvalue weighted by atomic mass is 10.2. The van der Waals surface area contributed by atoms with E-state index in [1.54, 1.807) is 24.0 Å². The number of carbonyl (C=O) groups excluding carboxylic acids is 1. The Morgan fingerprint density at radius 1 is 1.15 bits per heavy atom. The lowest BCUT2D eigenvalue weighted by molar-refractivity contribution is 0.0147. The lowest BCUT2D eigenvalue weighted by Crippen LogP contribution is -2.51. The molecule has 1 fully saturated rings. The second-order valence-electron chi connectivity index (χ2n) is 7.98. The van der Waals surface area contributed by atoms with Crippen molar-refractivity contribution in [3.63, 3.8) is 0 Å². The van der Waals surface area contributed by atoms with Gasteiger partial charge in [0.15, 0.2) is 0 Å². The van der Waals surface area contributed by atoms with Crippen molar-refractivity contribution >= 4 is 16.1 Å². The molecule has 0 unspecified atom stereocenters. The van der Waals surface area contributed by atoms with Gasteiger partial charge in [-0.15, -0.1) is 0 Å². The van der Waals surface area contributed by atoms with Gasteiger partial charge < -0.3 is 9.64 Å². The summed E-state index contributed by atoms with van der Waals surface area (Å²) >= 11 is 0. The molecular formula is C19H31N3O4S. The fourth-order valence-corrected chi connectivity index (χ4v) is 4.24. The van der Waals surface area contributed by atoms with E-state index in [-0.39, 0.29) is 6.09 Å². The van der Waals surface area contributed by atoms with Crippen molar-refractivity contribution in [2.45, 2.75) is 45.1 Å². The molecule has 1 heterocycles. The van der Waals surface area contributed by atoms with Crippen LogP contribution in [0.25, 0.3) is 0 Å². The van der Waals surface area contributed by atoms with Crippen LogP contribution in [0.15, 0.2) is 23.1 Å². The van der Waals surface area contributed by atoms with Crippen molar-refractivity contribution in [3.8, 4) is 0 Å². The SMILES string of the molecule is Cc1ccc(S(=O)(=O)NCCN2CCN(C(=O)OC(C)(C)C)CC2)c(C)c1. The van der Waals surface area contributed by atoms with E-state index in [2.05, 4.69) is 9.62 Å². The first-order valence-electron chi connectivity index (χ1n) is 9.25. The molecule has 152 valence electrons. The summed E-state index contributed by atoms with van der Waals surface area (Å²) < 4.78 is 33.0. The summed E-state index contributed by atoms with van der Waals surface area (Å²) in [7, 11) is -3.51. The monoisotopic (exact) mass is 397 g/mol. The van der Waals surface area contributed by atoms with Crippen LogP contribution in [0.3, 0.4) is 0 Å². The van der Waals surface area contributed by atoms with Crippen molar-refractivity contribution in [2.75, 3.05) is 39.3 Å². The maximum atomic E-state index is 12.5. The molecule has 0 atom stereocenters. The molecule has 1 aromatic rings. The molecule has 1 aliphatic rings. The topological polar surface area (TPSA) is 79.0 Å². The molecule has 0 radical (unpaired) electrons.